The second kappa shape index (κ2) is 9.83. The van der Waals surface area contributed by atoms with Gasteiger partial charge in [-0.05, 0) is 40.7 Å². The van der Waals surface area contributed by atoms with Gasteiger partial charge in [0.2, 0.25) is 0 Å². The molecule has 2 heterocycles. The van der Waals surface area contributed by atoms with Gasteiger partial charge >= 0.3 is 5.97 Å². The number of methoxy groups -OCH3 is 2. The molecule has 2 aromatic carbocycles. The van der Waals surface area contributed by atoms with E-state index >= 15 is 0 Å². The molecule has 1 atom stereocenters. The van der Waals surface area contributed by atoms with Gasteiger partial charge in [-0.1, -0.05) is 30.3 Å². The van der Waals surface area contributed by atoms with Crippen LogP contribution in [0.15, 0.2) is 68.2 Å². The molecule has 8 nitrogen and oxygen atoms in total. The SMILES string of the molecule is CCOC(=O)C1=C(c2ccccc2)N=C2SC(C#N)=C(N)N2[C@@H]1c1cc(Br)c(OC)cc1OC. The van der Waals surface area contributed by atoms with Gasteiger partial charge in [0.1, 0.15) is 34.3 Å². The lowest BCUT2D eigenvalue weighted by atomic mass is 9.91. The summed E-state index contributed by atoms with van der Waals surface area (Å²) in [5, 5.41) is 10.1. The minimum atomic E-state index is -0.766. The molecule has 2 aliphatic rings. The number of nitriles is 1. The van der Waals surface area contributed by atoms with Crippen LogP contribution in [-0.4, -0.2) is 36.9 Å². The number of esters is 1. The first kappa shape index (κ1) is 23.7. The van der Waals surface area contributed by atoms with Crippen molar-refractivity contribution in [1.29, 1.82) is 5.26 Å². The van der Waals surface area contributed by atoms with Crippen LogP contribution < -0.4 is 15.2 Å². The van der Waals surface area contributed by atoms with Crippen molar-refractivity contribution in [3.63, 3.8) is 0 Å². The number of allylic oxidation sites excluding steroid dienone is 1. The lowest BCUT2D eigenvalue weighted by molar-refractivity contribution is -0.139. The van der Waals surface area contributed by atoms with E-state index in [0.717, 1.165) is 17.3 Å². The second-order valence-corrected chi connectivity index (χ2v) is 9.00. The molecule has 34 heavy (non-hydrogen) atoms. The number of ether oxygens (including phenoxy) is 3. The molecular formula is C24H21BrN4O4S. The quantitative estimate of drug-likeness (QED) is 0.531. The van der Waals surface area contributed by atoms with Gasteiger partial charge in [-0.3, -0.25) is 4.90 Å². The maximum atomic E-state index is 13.4. The van der Waals surface area contributed by atoms with Crippen LogP contribution >= 0.6 is 27.7 Å². The summed E-state index contributed by atoms with van der Waals surface area (Å²) >= 11 is 4.69. The average Bonchev–Trinajstić information content (AvgIpc) is 3.18. The summed E-state index contributed by atoms with van der Waals surface area (Å²) in [5.41, 5.74) is 8.50. The Morgan fingerprint density at radius 3 is 2.56 bits per heavy atom. The predicted octanol–water partition coefficient (Wildman–Crippen LogP) is 4.55. The molecule has 0 radical (unpaired) electrons. The Morgan fingerprint density at radius 2 is 1.94 bits per heavy atom. The third kappa shape index (κ3) is 4.02. The van der Waals surface area contributed by atoms with Gasteiger partial charge in [-0.2, -0.15) is 5.26 Å². The fraction of sp³-hybridized carbons (Fsp3) is 0.208. The summed E-state index contributed by atoms with van der Waals surface area (Å²) in [4.78, 5) is 20.2. The number of hydrogen-bond acceptors (Lipinski definition) is 9. The Hall–Kier alpha value is -3.42. The number of rotatable bonds is 6. The van der Waals surface area contributed by atoms with Crippen molar-refractivity contribution in [3.8, 4) is 17.6 Å². The first-order chi connectivity index (χ1) is 16.4. The molecule has 4 rings (SSSR count). The smallest absolute Gasteiger partial charge is 0.338 e. The first-order valence-electron chi connectivity index (χ1n) is 10.3. The normalized spacial score (nSPS) is 17.2. The highest BCUT2D eigenvalue weighted by atomic mass is 79.9. The summed E-state index contributed by atoms with van der Waals surface area (Å²) in [6.07, 6.45) is 0. The molecule has 10 heteroatoms. The number of carbonyl (C=O) groups is 1. The highest BCUT2D eigenvalue weighted by Crippen LogP contribution is 2.50. The predicted molar refractivity (Wildman–Crippen MR) is 134 cm³/mol. The van der Waals surface area contributed by atoms with E-state index in [4.69, 9.17) is 24.9 Å². The fourth-order valence-electron chi connectivity index (χ4n) is 3.85. The zero-order valence-electron chi connectivity index (χ0n) is 18.7. The molecule has 0 saturated carbocycles. The number of thioether (sulfide) groups is 1. The highest BCUT2D eigenvalue weighted by Gasteiger charge is 2.45. The molecule has 174 valence electrons. The summed E-state index contributed by atoms with van der Waals surface area (Å²) in [6, 6.07) is 14.3. The summed E-state index contributed by atoms with van der Waals surface area (Å²) in [7, 11) is 3.09. The first-order valence-corrected chi connectivity index (χ1v) is 11.9. The number of nitrogens with two attached hydrogens (primary N) is 1. The van der Waals surface area contributed by atoms with Crippen molar-refractivity contribution < 1.29 is 19.0 Å². The second-order valence-electron chi connectivity index (χ2n) is 7.17. The molecule has 0 fully saturated rings. The van der Waals surface area contributed by atoms with Gasteiger partial charge in [0, 0.05) is 17.2 Å². The van der Waals surface area contributed by atoms with Crippen LogP contribution in [0.4, 0.5) is 0 Å². The van der Waals surface area contributed by atoms with Crippen molar-refractivity contribution in [2.75, 3.05) is 20.8 Å². The molecule has 0 amide bonds. The third-order valence-corrected chi connectivity index (χ3v) is 6.92. The molecule has 0 aromatic heterocycles. The van der Waals surface area contributed by atoms with E-state index < -0.39 is 12.0 Å². The van der Waals surface area contributed by atoms with E-state index in [1.165, 1.54) is 7.11 Å². The molecule has 0 bridgehead atoms. The van der Waals surface area contributed by atoms with Crippen molar-refractivity contribution >= 4 is 44.5 Å². The minimum Gasteiger partial charge on any atom is -0.496 e. The number of carbonyl (C=O) groups excluding carboxylic acids is 1. The lowest BCUT2D eigenvalue weighted by Gasteiger charge is -2.36. The van der Waals surface area contributed by atoms with E-state index in [-0.39, 0.29) is 18.0 Å². The molecule has 2 N–H and O–H groups in total. The van der Waals surface area contributed by atoms with Gasteiger partial charge in [-0.25, -0.2) is 9.79 Å². The Kier molecular flexibility index (Phi) is 6.86. The molecular weight excluding hydrogens is 520 g/mol. The zero-order chi connectivity index (χ0) is 24.4. The van der Waals surface area contributed by atoms with Crippen LogP contribution in [0, 0.1) is 11.3 Å². The third-order valence-electron chi connectivity index (χ3n) is 5.33. The maximum absolute atomic E-state index is 13.4. The van der Waals surface area contributed by atoms with Gasteiger partial charge in [0.05, 0.1) is 36.6 Å². The van der Waals surface area contributed by atoms with E-state index in [2.05, 4.69) is 22.0 Å². The number of amidine groups is 1. The van der Waals surface area contributed by atoms with E-state index in [1.54, 1.807) is 25.0 Å². The van der Waals surface area contributed by atoms with Crippen LogP contribution in [0.2, 0.25) is 0 Å². The number of aliphatic imine (C=N–C) groups is 1. The Bertz CT molecular complexity index is 1280. The van der Waals surface area contributed by atoms with Crippen LogP contribution in [0.25, 0.3) is 5.70 Å². The lowest BCUT2D eigenvalue weighted by Crippen LogP contribution is -2.39. The topological polar surface area (TPSA) is 110 Å². The Balaban J connectivity index is 2.06. The number of fused-ring (bicyclic) bond motifs is 1. The van der Waals surface area contributed by atoms with Gasteiger partial charge in [-0.15, -0.1) is 0 Å². The molecule has 2 aromatic rings. The minimum absolute atomic E-state index is 0.181. The number of nitrogens with zero attached hydrogens (tertiary/aromatic N) is 3. The van der Waals surface area contributed by atoms with E-state index in [1.807, 2.05) is 36.4 Å². The molecule has 0 saturated heterocycles. The number of halogens is 1. The van der Waals surface area contributed by atoms with E-state index in [0.29, 0.717) is 37.3 Å². The van der Waals surface area contributed by atoms with E-state index in [9.17, 15) is 10.1 Å². The van der Waals surface area contributed by atoms with Crippen molar-refractivity contribution in [2.45, 2.75) is 13.0 Å². The standard InChI is InChI=1S/C24H21BrN4O4S/c1-4-33-23(30)19-20(13-8-6-5-7-9-13)28-24-29(22(27)18(12-26)34-24)21(19)14-10-15(25)17(32-3)11-16(14)31-2/h5-11,21H,4,27H2,1-3H3/t21-/m1/s1. The molecule has 2 aliphatic heterocycles. The number of benzene rings is 2. The Labute approximate surface area is 209 Å². The summed E-state index contributed by atoms with van der Waals surface area (Å²) in [5.74, 6) is 0.710. The van der Waals surface area contributed by atoms with Crippen molar-refractivity contribution in [2.24, 2.45) is 10.7 Å². The maximum Gasteiger partial charge on any atom is 0.338 e. The van der Waals surface area contributed by atoms with Crippen LogP contribution in [0.5, 0.6) is 11.5 Å². The summed E-state index contributed by atoms with van der Waals surface area (Å²) < 4.78 is 17.3. The van der Waals surface area contributed by atoms with Crippen LogP contribution in [-0.2, 0) is 9.53 Å². The Morgan fingerprint density at radius 1 is 1.24 bits per heavy atom. The van der Waals surface area contributed by atoms with Crippen molar-refractivity contribution in [3.05, 3.63) is 74.4 Å². The van der Waals surface area contributed by atoms with Gasteiger partial charge in [0.15, 0.2) is 5.17 Å². The molecule has 0 aliphatic carbocycles. The number of hydrogen-bond donors (Lipinski definition) is 1. The monoisotopic (exact) mass is 540 g/mol. The highest BCUT2D eigenvalue weighted by molar-refractivity contribution is 9.10. The van der Waals surface area contributed by atoms with Crippen LogP contribution in [0.1, 0.15) is 24.1 Å². The fourth-order valence-corrected chi connectivity index (χ4v) is 5.24. The molecule has 0 spiro atoms. The van der Waals surface area contributed by atoms with Gasteiger partial charge in [0.25, 0.3) is 0 Å². The summed E-state index contributed by atoms with van der Waals surface area (Å²) in [6.45, 7) is 1.92. The average molecular weight is 541 g/mol. The van der Waals surface area contributed by atoms with Crippen molar-refractivity contribution in [1.82, 2.24) is 4.90 Å². The van der Waals surface area contributed by atoms with Crippen LogP contribution in [0.3, 0.4) is 0 Å². The van der Waals surface area contributed by atoms with Gasteiger partial charge < -0.3 is 19.9 Å². The molecule has 0 unspecified atom stereocenters. The zero-order valence-corrected chi connectivity index (χ0v) is 21.1. The largest absolute Gasteiger partial charge is 0.496 e.